The molecule has 5 heteroatoms. The minimum Gasteiger partial charge on any atom is -0.348 e. The summed E-state index contributed by atoms with van der Waals surface area (Å²) in [5.74, 6) is -0.396. The molecule has 0 saturated heterocycles. The third-order valence-electron chi connectivity index (χ3n) is 4.45. The van der Waals surface area contributed by atoms with E-state index in [1.165, 1.54) is 9.75 Å². The van der Waals surface area contributed by atoms with E-state index in [0.717, 1.165) is 11.1 Å². The van der Waals surface area contributed by atoms with E-state index >= 15 is 0 Å². The monoisotopic (exact) mass is 372 g/mol. The van der Waals surface area contributed by atoms with Crippen molar-refractivity contribution in [3.05, 3.63) is 56.8 Å². The van der Waals surface area contributed by atoms with Gasteiger partial charge in [-0.05, 0) is 57.4 Å². The van der Waals surface area contributed by atoms with Crippen molar-refractivity contribution < 1.29 is 9.59 Å². The summed E-state index contributed by atoms with van der Waals surface area (Å²) in [4.78, 5) is 27.7. The van der Waals surface area contributed by atoms with E-state index < -0.39 is 6.04 Å². The second kappa shape index (κ2) is 8.49. The third kappa shape index (κ3) is 4.94. The molecule has 1 aromatic carbocycles. The van der Waals surface area contributed by atoms with E-state index in [-0.39, 0.29) is 23.8 Å². The van der Waals surface area contributed by atoms with Crippen molar-refractivity contribution in [3.63, 3.8) is 0 Å². The Bertz CT molecular complexity index is 778. The van der Waals surface area contributed by atoms with Crippen molar-refractivity contribution >= 4 is 23.2 Å². The number of thiophene rings is 1. The van der Waals surface area contributed by atoms with E-state index in [9.17, 15) is 9.59 Å². The topological polar surface area (TPSA) is 58.2 Å². The molecule has 1 heterocycles. The Hall–Kier alpha value is -2.14. The zero-order chi connectivity index (χ0) is 19.4. The van der Waals surface area contributed by atoms with Gasteiger partial charge in [0.05, 0.1) is 6.04 Å². The van der Waals surface area contributed by atoms with Gasteiger partial charge in [-0.3, -0.25) is 9.59 Å². The van der Waals surface area contributed by atoms with Gasteiger partial charge in [-0.2, -0.15) is 0 Å². The lowest BCUT2D eigenvalue weighted by Crippen LogP contribution is -2.50. The summed E-state index contributed by atoms with van der Waals surface area (Å²) in [6, 6.07) is 8.78. The van der Waals surface area contributed by atoms with Crippen molar-refractivity contribution in [1.82, 2.24) is 10.6 Å². The van der Waals surface area contributed by atoms with Crippen LogP contribution in [0.2, 0.25) is 0 Å². The molecule has 0 bridgehead atoms. The second-order valence-corrected chi connectivity index (χ2v) is 8.62. The molecule has 2 N–H and O–H groups in total. The highest BCUT2D eigenvalue weighted by Crippen LogP contribution is 2.26. The average Bonchev–Trinajstić information content (AvgIpc) is 2.91. The summed E-state index contributed by atoms with van der Waals surface area (Å²) in [7, 11) is 0. The van der Waals surface area contributed by atoms with Gasteiger partial charge in [0.15, 0.2) is 0 Å². The summed E-state index contributed by atoms with van der Waals surface area (Å²) in [6.07, 6.45) is 0. The van der Waals surface area contributed by atoms with Gasteiger partial charge >= 0.3 is 0 Å². The molecule has 2 amide bonds. The molecule has 0 aliphatic heterocycles. The third-order valence-corrected chi connectivity index (χ3v) is 5.44. The first kappa shape index (κ1) is 20.2. The van der Waals surface area contributed by atoms with Gasteiger partial charge in [0.25, 0.3) is 5.91 Å². The highest BCUT2D eigenvalue weighted by molar-refractivity contribution is 7.12. The average molecular weight is 373 g/mol. The fraction of sp³-hybridized carbons (Fsp3) is 0.429. The molecule has 0 radical (unpaired) electrons. The zero-order valence-corrected chi connectivity index (χ0v) is 17.2. The molecule has 140 valence electrons. The lowest BCUT2D eigenvalue weighted by molar-refractivity contribution is -0.124. The Morgan fingerprint density at radius 2 is 1.58 bits per heavy atom. The number of aryl methyl sites for hydroxylation is 3. The van der Waals surface area contributed by atoms with Crippen LogP contribution in [0.5, 0.6) is 0 Å². The van der Waals surface area contributed by atoms with Crippen LogP contribution in [-0.4, -0.2) is 17.9 Å². The van der Waals surface area contributed by atoms with Crippen molar-refractivity contribution in [1.29, 1.82) is 0 Å². The van der Waals surface area contributed by atoms with Gasteiger partial charge in [-0.25, -0.2) is 0 Å². The molecule has 4 nitrogen and oxygen atoms in total. The lowest BCUT2D eigenvalue weighted by atomic mass is 10.0. The first-order chi connectivity index (χ1) is 12.2. The van der Waals surface area contributed by atoms with Crippen molar-refractivity contribution in [2.24, 2.45) is 5.92 Å². The summed E-state index contributed by atoms with van der Waals surface area (Å²) >= 11 is 1.73. The van der Waals surface area contributed by atoms with Gasteiger partial charge in [0.2, 0.25) is 5.91 Å². The number of nitrogens with one attached hydrogen (secondary N) is 2. The molecule has 0 aliphatic rings. The number of carbonyl (C=O) groups is 2. The lowest BCUT2D eigenvalue weighted by Gasteiger charge is -2.24. The number of hydrogen-bond acceptors (Lipinski definition) is 3. The van der Waals surface area contributed by atoms with Crippen LogP contribution in [0.3, 0.4) is 0 Å². The molecule has 0 spiro atoms. The van der Waals surface area contributed by atoms with Gasteiger partial charge in [-0.1, -0.05) is 31.5 Å². The fourth-order valence-corrected chi connectivity index (χ4v) is 3.95. The molecule has 0 aliphatic carbocycles. The van der Waals surface area contributed by atoms with Crippen LogP contribution in [-0.2, 0) is 4.79 Å². The number of hydrogen-bond donors (Lipinski definition) is 2. The molecular weight excluding hydrogens is 344 g/mol. The number of rotatable bonds is 6. The molecule has 0 fully saturated rings. The maximum atomic E-state index is 12.8. The van der Waals surface area contributed by atoms with Gasteiger partial charge in [-0.15, -0.1) is 11.3 Å². The predicted octanol–water partition coefficient (Wildman–Crippen LogP) is 4.31. The normalized spacial score (nSPS) is 13.3. The number of amides is 2. The van der Waals surface area contributed by atoms with Crippen LogP contribution in [0.1, 0.15) is 58.1 Å². The Labute approximate surface area is 160 Å². The SMILES string of the molecule is Cc1ccc(C(=O)N[C@@H](C(=O)N[C@@H](C)c2cc(C)sc2C)C(C)C)cc1. The van der Waals surface area contributed by atoms with Crippen LogP contribution < -0.4 is 10.6 Å². The summed E-state index contributed by atoms with van der Waals surface area (Å²) in [5, 5.41) is 5.93. The minimum absolute atomic E-state index is 0.0121. The van der Waals surface area contributed by atoms with Gasteiger partial charge in [0.1, 0.15) is 6.04 Å². The van der Waals surface area contributed by atoms with Crippen LogP contribution in [0.15, 0.2) is 30.3 Å². The first-order valence-electron chi connectivity index (χ1n) is 8.94. The van der Waals surface area contributed by atoms with E-state index in [2.05, 4.69) is 30.5 Å². The Morgan fingerprint density at radius 1 is 0.962 bits per heavy atom. The number of carbonyl (C=O) groups excluding carboxylic acids is 2. The van der Waals surface area contributed by atoms with Crippen molar-refractivity contribution in [2.75, 3.05) is 0 Å². The molecule has 2 aromatic rings. The van der Waals surface area contributed by atoms with Crippen LogP contribution in [0.25, 0.3) is 0 Å². The van der Waals surface area contributed by atoms with Crippen LogP contribution >= 0.6 is 11.3 Å². The quantitative estimate of drug-likeness (QED) is 0.794. The molecule has 2 atom stereocenters. The molecular formula is C21H28N2O2S. The Kier molecular flexibility index (Phi) is 6.59. The highest BCUT2D eigenvalue weighted by Gasteiger charge is 2.26. The molecule has 2 rings (SSSR count). The van der Waals surface area contributed by atoms with Crippen LogP contribution in [0, 0.1) is 26.7 Å². The molecule has 26 heavy (non-hydrogen) atoms. The highest BCUT2D eigenvalue weighted by atomic mass is 32.1. The number of benzene rings is 1. The van der Waals surface area contributed by atoms with Crippen molar-refractivity contribution in [2.45, 2.75) is 53.6 Å². The second-order valence-electron chi connectivity index (χ2n) is 7.16. The smallest absolute Gasteiger partial charge is 0.251 e. The first-order valence-corrected chi connectivity index (χ1v) is 9.75. The maximum Gasteiger partial charge on any atom is 0.251 e. The van der Waals surface area contributed by atoms with E-state index in [4.69, 9.17) is 0 Å². The van der Waals surface area contributed by atoms with Crippen molar-refractivity contribution in [3.8, 4) is 0 Å². The molecule has 0 saturated carbocycles. The summed E-state index contributed by atoms with van der Waals surface area (Å²) in [6.45, 7) is 11.9. The molecule has 0 unspecified atom stereocenters. The molecule has 1 aromatic heterocycles. The Morgan fingerprint density at radius 3 is 2.08 bits per heavy atom. The van der Waals surface area contributed by atoms with Crippen LogP contribution in [0.4, 0.5) is 0 Å². The minimum atomic E-state index is -0.578. The fourth-order valence-electron chi connectivity index (χ4n) is 2.93. The summed E-state index contributed by atoms with van der Waals surface area (Å²) in [5.41, 5.74) is 2.79. The van der Waals surface area contributed by atoms with Gasteiger partial charge < -0.3 is 10.6 Å². The van der Waals surface area contributed by atoms with Gasteiger partial charge in [0, 0.05) is 15.3 Å². The standard InChI is InChI=1S/C21H28N2O2S/c1-12(2)19(23-20(24)17-9-7-13(3)8-10-17)21(25)22-15(5)18-11-14(4)26-16(18)6/h7-12,15,19H,1-6H3,(H,22,25)(H,23,24)/t15-,19+/m0/s1. The van der Waals surface area contributed by atoms with E-state index in [0.29, 0.717) is 5.56 Å². The largest absolute Gasteiger partial charge is 0.348 e. The van der Waals surface area contributed by atoms with E-state index in [1.807, 2.05) is 39.8 Å². The summed E-state index contributed by atoms with van der Waals surface area (Å²) < 4.78 is 0. The maximum absolute atomic E-state index is 12.8. The zero-order valence-electron chi connectivity index (χ0n) is 16.3. The Balaban J connectivity index is 2.08. The predicted molar refractivity (Wildman–Crippen MR) is 108 cm³/mol. The van der Waals surface area contributed by atoms with E-state index in [1.54, 1.807) is 23.5 Å².